The molecule has 0 saturated heterocycles. The Labute approximate surface area is 288 Å². The van der Waals surface area contributed by atoms with Crippen LogP contribution < -0.4 is 22.1 Å². The van der Waals surface area contributed by atoms with Crippen molar-refractivity contribution in [2.75, 3.05) is 27.3 Å². The summed E-state index contributed by atoms with van der Waals surface area (Å²) in [6.45, 7) is 11.4. The average molecular weight is 685 g/mol. The maximum Gasteiger partial charge on any atom is 0.405 e. The first-order valence-corrected chi connectivity index (χ1v) is 16.4. The molecule has 49 heavy (non-hydrogen) atoms. The molecular formula is C36H52N4O9. The van der Waals surface area contributed by atoms with Gasteiger partial charge in [0.15, 0.2) is 6.10 Å². The maximum atomic E-state index is 13.8. The van der Waals surface area contributed by atoms with Crippen molar-refractivity contribution in [3.05, 3.63) is 71.1 Å². The number of carbonyl (C=O) groups is 5. The van der Waals surface area contributed by atoms with Gasteiger partial charge in [0, 0.05) is 50.3 Å². The smallest absolute Gasteiger partial charge is 0.405 e. The van der Waals surface area contributed by atoms with Crippen LogP contribution in [-0.2, 0) is 38.1 Å². The number of fused-ring (bicyclic) bond motifs is 2. The van der Waals surface area contributed by atoms with Crippen molar-refractivity contribution in [2.45, 2.75) is 84.2 Å². The van der Waals surface area contributed by atoms with Gasteiger partial charge in [-0.2, -0.15) is 0 Å². The third-order valence-corrected chi connectivity index (χ3v) is 8.28. The van der Waals surface area contributed by atoms with E-state index >= 15 is 0 Å². The zero-order valence-electron chi connectivity index (χ0n) is 29.4. The normalized spacial score (nSPS) is 28.6. The fourth-order valence-electron chi connectivity index (χ4n) is 5.75. The minimum absolute atomic E-state index is 0.130. The fraction of sp³-hybridized carbons (Fsp3) is 0.528. The lowest BCUT2D eigenvalue weighted by molar-refractivity contribution is -0.160. The first-order chi connectivity index (χ1) is 23.3. The van der Waals surface area contributed by atoms with Gasteiger partial charge in [0.25, 0.3) is 5.91 Å². The Morgan fingerprint density at radius 1 is 1.10 bits per heavy atom. The largest absolute Gasteiger partial charge is 0.459 e. The summed E-state index contributed by atoms with van der Waals surface area (Å²) < 4.78 is 23.1. The quantitative estimate of drug-likeness (QED) is 0.108. The van der Waals surface area contributed by atoms with E-state index in [0.717, 1.165) is 6.08 Å². The first kappa shape index (κ1) is 40.8. The Kier molecular flexibility index (Phi) is 16.9. The monoisotopic (exact) mass is 684 g/mol. The van der Waals surface area contributed by atoms with E-state index in [1.807, 2.05) is 19.9 Å². The third-order valence-electron chi connectivity index (χ3n) is 8.28. The molecule has 2 bridgehead atoms. The number of esters is 1. The number of nitrogens with one attached hydrogen (secondary N) is 2. The Balaban J connectivity index is 2.72. The number of ketones is 2. The highest BCUT2D eigenvalue weighted by atomic mass is 16.6. The molecule has 0 unspecified atom stereocenters. The van der Waals surface area contributed by atoms with Gasteiger partial charge in [-0.25, -0.2) is 4.79 Å². The number of Topliss-reactive ketones (excluding diaryl/α,β-unsaturated/α-hetero) is 1. The summed E-state index contributed by atoms with van der Waals surface area (Å²) in [6.07, 6.45) is 6.71. The SMILES string of the molecule is C=CCNC1=C2C[C@@H](C)C[C@H](OC)[C@@H](OC(=O)CCCCN)[C@@H](C)/C=C(\C)[C@H](OC(N)=O)[C@@H](OC)/C=C\C=C(/C)C(=O)NC(=CC1=O)C2=O. The van der Waals surface area contributed by atoms with Crippen molar-refractivity contribution in [2.24, 2.45) is 23.3 Å². The third kappa shape index (κ3) is 12.3. The molecule has 270 valence electrons. The van der Waals surface area contributed by atoms with Gasteiger partial charge in [-0.3, -0.25) is 19.2 Å². The second-order valence-corrected chi connectivity index (χ2v) is 12.3. The van der Waals surface area contributed by atoms with E-state index in [2.05, 4.69) is 17.2 Å². The number of hydrogen-bond acceptors (Lipinski definition) is 11. The number of unbranched alkanes of at least 4 members (excludes halogenated alkanes) is 1. The topological polar surface area (TPSA) is 198 Å². The van der Waals surface area contributed by atoms with Crippen LogP contribution in [0.3, 0.4) is 0 Å². The van der Waals surface area contributed by atoms with E-state index in [-0.39, 0.29) is 47.8 Å². The molecule has 2 aliphatic rings. The molecule has 13 heteroatoms. The predicted octanol–water partition coefficient (Wildman–Crippen LogP) is 3.22. The number of ether oxygens (including phenoxy) is 4. The van der Waals surface area contributed by atoms with Crippen molar-refractivity contribution in [3.63, 3.8) is 0 Å². The van der Waals surface area contributed by atoms with E-state index < -0.39 is 59.9 Å². The van der Waals surface area contributed by atoms with Gasteiger partial charge in [0.1, 0.15) is 12.2 Å². The number of amides is 2. The van der Waals surface area contributed by atoms with E-state index in [9.17, 15) is 24.0 Å². The number of hydrogen-bond donors (Lipinski definition) is 4. The predicted molar refractivity (Wildman–Crippen MR) is 185 cm³/mol. The minimum Gasteiger partial charge on any atom is -0.459 e. The van der Waals surface area contributed by atoms with Crippen LogP contribution in [0.15, 0.2) is 71.1 Å². The molecular weight excluding hydrogens is 632 g/mol. The number of allylic oxidation sites excluding steroid dienone is 4. The molecule has 0 aromatic carbocycles. The molecule has 6 atom stereocenters. The maximum absolute atomic E-state index is 13.8. The molecule has 0 radical (unpaired) electrons. The summed E-state index contributed by atoms with van der Waals surface area (Å²) in [4.78, 5) is 65.1. The van der Waals surface area contributed by atoms with Crippen molar-refractivity contribution in [1.82, 2.24) is 10.6 Å². The van der Waals surface area contributed by atoms with Crippen molar-refractivity contribution in [3.8, 4) is 0 Å². The van der Waals surface area contributed by atoms with Gasteiger partial charge in [0.2, 0.25) is 11.6 Å². The summed E-state index contributed by atoms with van der Waals surface area (Å²) in [5.41, 5.74) is 12.0. The van der Waals surface area contributed by atoms with E-state index in [4.69, 9.17) is 30.4 Å². The van der Waals surface area contributed by atoms with Gasteiger partial charge in [0.05, 0.1) is 17.5 Å². The summed E-state index contributed by atoms with van der Waals surface area (Å²) in [5, 5.41) is 5.56. The van der Waals surface area contributed by atoms with Crippen LogP contribution >= 0.6 is 0 Å². The Bertz CT molecular complexity index is 1390. The van der Waals surface area contributed by atoms with Gasteiger partial charge in [-0.1, -0.05) is 44.2 Å². The zero-order valence-corrected chi connectivity index (χ0v) is 29.4. The van der Waals surface area contributed by atoms with Crippen LogP contribution in [-0.4, -0.2) is 81.3 Å². The number of primary amides is 1. The first-order valence-electron chi connectivity index (χ1n) is 16.4. The molecule has 2 amide bonds. The van der Waals surface area contributed by atoms with Crippen LogP contribution in [0.25, 0.3) is 0 Å². The minimum atomic E-state index is -1.02. The van der Waals surface area contributed by atoms with Gasteiger partial charge in [-0.15, -0.1) is 6.58 Å². The second-order valence-electron chi connectivity index (χ2n) is 12.3. The summed E-state index contributed by atoms with van der Waals surface area (Å²) in [7, 11) is 2.94. The summed E-state index contributed by atoms with van der Waals surface area (Å²) >= 11 is 0. The molecule has 0 saturated carbocycles. The number of carbonyl (C=O) groups excluding carboxylic acids is 5. The lowest BCUT2D eigenvalue weighted by atomic mass is 9.85. The van der Waals surface area contributed by atoms with E-state index in [0.29, 0.717) is 31.4 Å². The number of rotatable bonds is 11. The van der Waals surface area contributed by atoms with Crippen LogP contribution in [0.1, 0.15) is 59.8 Å². The summed E-state index contributed by atoms with van der Waals surface area (Å²) in [5.74, 6) is -2.70. The average Bonchev–Trinajstić information content (AvgIpc) is 3.05. The highest BCUT2D eigenvalue weighted by Gasteiger charge is 2.35. The molecule has 0 aromatic heterocycles. The van der Waals surface area contributed by atoms with Gasteiger partial charge in [-0.05, 0) is 57.6 Å². The van der Waals surface area contributed by atoms with E-state index in [1.54, 1.807) is 32.1 Å². The highest BCUT2D eigenvalue weighted by Crippen LogP contribution is 2.30. The highest BCUT2D eigenvalue weighted by molar-refractivity contribution is 6.23. The second kappa shape index (κ2) is 20.2. The van der Waals surface area contributed by atoms with Gasteiger partial charge < -0.3 is 41.0 Å². The van der Waals surface area contributed by atoms with Crippen LogP contribution in [0, 0.1) is 11.8 Å². The van der Waals surface area contributed by atoms with Crippen LogP contribution in [0.4, 0.5) is 4.79 Å². The molecule has 1 heterocycles. The number of methoxy groups -OCH3 is 2. The Hall–Kier alpha value is -4.33. The Morgan fingerprint density at radius 3 is 2.43 bits per heavy atom. The van der Waals surface area contributed by atoms with Crippen molar-refractivity contribution >= 4 is 29.5 Å². The van der Waals surface area contributed by atoms with Crippen molar-refractivity contribution < 1.29 is 42.9 Å². The molecule has 1 aliphatic carbocycles. The lowest BCUT2D eigenvalue weighted by Gasteiger charge is -2.32. The molecule has 2 rings (SSSR count). The van der Waals surface area contributed by atoms with Crippen molar-refractivity contribution in [1.29, 1.82) is 0 Å². The van der Waals surface area contributed by atoms with E-state index in [1.165, 1.54) is 20.3 Å². The summed E-state index contributed by atoms with van der Waals surface area (Å²) in [6, 6.07) is 0. The molecule has 0 aromatic rings. The fourth-order valence-corrected chi connectivity index (χ4v) is 5.75. The molecule has 0 spiro atoms. The van der Waals surface area contributed by atoms with Crippen LogP contribution in [0.2, 0.25) is 0 Å². The lowest BCUT2D eigenvalue weighted by Crippen LogP contribution is -2.40. The Morgan fingerprint density at radius 2 is 1.82 bits per heavy atom. The molecule has 6 N–H and O–H groups in total. The molecule has 1 aliphatic heterocycles. The number of nitrogens with two attached hydrogens (primary N) is 2. The zero-order chi connectivity index (χ0) is 36.7. The van der Waals surface area contributed by atoms with Crippen LogP contribution in [0.5, 0.6) is 0 Å². The molecule has 0 fully saturated rings. The van der Waals surface area contributed by atoms with Gasteiger partial charge >= 0.3 is 12.1 Å². The standard InChI is InChI=1S/C36H52N4O9/c1-8-16-39-31-25-17-21(2)18-29(47-7)34(48-30(42)14-9-10-15-37)24(5)19-23(4)33(49-36(38)45)28(46-6)13-11-12-22(3)35(44)40-26(32(25)43)20-27(31)41/h8,11-13,19-21,24,28-29,33-34,39H,1,9-10,14-18,37H2,2-7H3,(H2,38,45)(H,40,44)/b13-11-,22-12+,23-19+/t21-,24+,28+,29+,33+,34+/m1/s1. The molecule has 13 nitrogen and oxygen atoms in total.